The van der Waals surface area contributed by atoms with Gasteiger partial charge in [0.1, 0.15) is 0 Å². The lowest BCUT2D eigenvalue weighted by Crippen LogP contribution is -2.31. The summed E-state index contributed by atoms with van der Waals surface area (Å²) in [7, 11) is 1.36. The van der Waals surface area contributed by atoms with Crippen LogP contribution >= 0.6 is 0 Å². The van der Waals surface area contributed by atoms with Gasteiger partial charge in [-0.05, 0) is 25.1 Å². The topological polar surface area (TPSA) is 38.3 Å². The molecule has 0 spiro atoms. The summed E-state index contributed by atoms with van der Waals surface area (Å²) < 4.78 is 18.0. The normalized spacial score (nSPS) is 11.4. The van der Waals surface area contributed by atoms with Gasteiger partial charge in [0.05, 0.1) is 13.2 Å². The Kier molecular flexibility index (Phi) is 3.90. The van der Waals surface area contributed by atoms with E-state index in [1.54, 1.807) is 6.92 Å². The first-order chi connectivity index (χ1) is 7.58. The van der Waals surface area contributed by atoms with E-state index < -0.39 is 17.8 Å². The Labute approximate surface area is 93.6 Å². The largest absolute Gasteiger partial charge is 0.494 e. The zero-order chi connectivity index (χ0) is 12.1. The second kappa shape index (κ2) is 5.17. The average molecular weight is 221 g/mol. The number of carbonyl (C=O) groups excluding carboxylic acids is 1. The van der Waals surface area contributed by atoms with Crippen LogP contribution in [0.15, 0.2) is 18.2 Å². The van der Waals surface area contributed by atoms with E-state index in [4.69, 9.17) is 11.2 Å². The van der Waals surface area contributed by atoms with Crippen molar-refractivity contribution in [3.05, 3.63) is 29.6 Å². The van der Waals surface area contributed by atoms with Gasteiger partial charge in [-0.1, -0.05) is 5.92 Å². The number of rotatable bonds is 3. The van der Waals surface area contributed by atoms with Crippen molar-refractivity contribution in [3.8, 4) is 18.1 Å². The fourth-order valence-electron chi connectivity index (χ4n) is 1.13. The summed E-state index contributed by atoms with van der Waals surface area (Å²) in [6.07, 6.45) is 5.12. The molecule has 0 aromatic heterocycles. The Morgan fingerprint density at radius 1 is 1.62 bits per heavy atom. The standard InChI is InChI=1S/C12H12FNO2/c1-4-8(2)14-12(15)9-5-6-11(16-3)10(13)7-9/h1,5-8H,2-3H3,(H,14,15). The molecule has 1 unspecified atom stereocenters. The molecule has 0 radical (unpaired) electrons. The summed E-state index contributed by atoms with van der Waals surface area (Å²) in [5.74, 6) is 1.46. The Balaban J connectivity index is 2.86. The van der Waals surface area contributed by atoms with Crippen LogP contribution in [0.25, 0.3) is 0 Å². The van der Waals surface area contributed by atoms with Gasteiger partial charge in [-0.2, -0.15) is 0 Å². The quantitative estimate of drug-likeness (QED) is 0.787. The number of hydrogen-bond acceptors (Lipinski definition) is 2. The molecule has 0 saturated heterocycles. The second-order valence-electron chi connectivity index (χ2n) is 3.21. The minimum Gasteiger partial charge on any atom is -0.494 e. The maximum Gasteiger partial charge on any atom is 0.252 e. The molecular weight excluding hydrogens is 209 g/mol. The van der Waals surface area contributed by atoms with E-state index in [2.05, 4.69) is 11.2 Å². The van der Waals surface area contributed by atoms with Gasteiger partial charge in [-0.25, -0.2) is 4.39 Å². The highest BCUT2D eigenvalue weighted by molar-refractivity contribution is 5.94. The number of nitrogens with one attached hydrogen (secondary N) is 1. The van der Waals surface area contributed by atoms with Crippen molar-refractivity contribution in [1.29, 1.82) is 0 Å². The number of hydrogen-bond donors (Lipinski definition) is 1. The lowest BCUT2D eigenvalue weighted by Gasteiger charge is -2.08. The van der Waals surface area contributed by atoms with Gasteiger partial charge in [0.25, 0.3) is 5.91 Å². The van der Waals surface area contributed by atoms with Gasteiger partial charge in [-0.15, -0.1) is 6.42 Å². The minimum atomic E-state index is -0.580. The van der Waals surface area contributed by atoms with Crippen molar-refractivity contribution in [2.75, 3.05) is 7.11 Å². The Bertz CT molecular complexity index is 437. The highest BCUT2D eigenvalue weighted by Crippen LogP contribution is 2.17. The number of ether oxygens (including phenoxy) is 1. The number of terminal acetylenes is 1. The van der Waals surface area contributed by atoms with Gasteiger partial charge in [0, 0.05) is 5.56 Å². The van der Waals surface area contributed by atoms with E-state index in [-0.39, 0.29) is 11.3 Å². The molecule has 3 nitrogen and oxygen atoms in total. The predicted molar refractivity (Wildman–Crippen MR) is 58.7 cm³/mol. The van der Waals surface area contributed by atoms with Crippen LogP contribution in [0.5, 0.6) is 5.75 Å². The molecule has 1 aromatic rings. The molecule has 0 bridgehead atoms. The highest BCUT2D eigenvalue weighted by Gasteiger charge is 2.11. The van der Waals surface area contributed by atoms with Crippen LogP contribution in [0.1, 0.15) is 17.3 Å². The fourth-order valence-corrected chi connectivity index (χ4v) is 1.13. The van der Waals surface area contributed by atoms with Crippen LogP contribution in [-0.2, 0) is 0 Å². The van der Waals surface area contributed by atoms with E-state index in [1.165, 1.54) is 19.2 Å². The molecule has 0 aliphatic rings. The Morgan fingerprint density at radius 2 is 2.31 bits per heavy atom. The van der Waals surface area contributed by atoms with Crippen LogP contribution in [0, 0.1) is 18.2 Å². The smallest absolute Gasteiger partial charge is 0.252 e. The molecular formula is C12H12FNO2. The maximum absolute atomic E-state index is 13.3. The minimum absolute atomic E-state index is 0.0987. The molecule has 1 N–H and O–H groups in total. The third kappa shape index (κ3) is 2.74. The van der Waals surface area contributed by atoms with E-state index >= 15 is 0 Å². The number of halogens is 1. The summed E-state index contributed by atoms with van der Waals surface area (Å²) in [4.78, 5) is 11.6. The summed E-state index contributed by atoms with van der Waals surface area (Å²) in [5, 5.41) is 2.53. The van der Waals surface area contributed by atoms with Crippen LogP contribution in [0.3, 0.4) is 0 Å². The first kappa shape index (κ1) is 12.1. The summed E-state index contributed by atoms with van der Waals surface area (Å²) >= 11 is 0. The fraction of sp³-hybridized carbons (Fsp3) is 0.250. The van der Waals surface area contributed by atoms with Gasteiger partial charge in [0.15, 0.2) is 11.6 Å². The third-order valence-electron chi connectivity index (χ3n) is 2.01. The number of methoxy groups -OCH3 is 1. The molecule has 0 aliphatic carbocycles. The summed E-state index contributed by atoms with van der Waals surface area (Å²) in [6, 6.07) is 3.58. The SMILES string of the molecule is C#CC(C)NC(=O)c1ccc(OC)c(F)c1. The zero-order valence-corrected chi connectivity index (χ0v) is 9.08. The van der Waals surface area contributed by atoms with E-state index in [1.807, 2.05) is 0 Å². The van der Waals surface area contributed by atoms with Gasteiger partial charge >= 0.3 is 0 Å². The molecule has 4 heteroatoms. The van der Waals surface area contributed by atoms with Crippen LogP contribution in [-0.4, -0.2) is 19.1 Å². The van der Waals surface area contributed by atoms with Crippen LogP contribution in [0.4, 0.5) is 4.39 Å². The van der Waals surface area contributed by atoms with E-state index in [0.717, 1.165) is 6.07 Å². The molecule has 0 aliphatic heterocycles. The molecule has 0 heterocycles. The van der Waals surface area contributed by atoms with Crippen molar-refractivity contribution in [2.24, 2.45) is 0 Å². The second-order valence-corrected chi connectivity index (χ2v) is 3.21. The van der Waals surface area contributed by atoms with Crippen molar-refractivity contribution < 1.29 is 13.9 Å². The first-order valence-corrected chi connectivity index (χ1v) is 4.69. The molecule has 1 aromatic carbocycles. The van der Waals surface area contributed by atoms with Crippen LogP contribution in [0.2, 0.25) is 0 Å². The molecule has 0 saturated carbocycles. The van der Waals surface area contributed by atoms with Crippen molar-refractivity contribution >= 4 is 5.91 Å². The zero-order valence-electron chi connectivity index (χ0n) is 9.08. The highest BCUT2D eigenvalue weighted by atomic mass is 19.1. The lowest BCUT2D eigenvalue weighted by molar-refractivity contribution is 0.0947. The third-order valence-corrected chi connectivity index (χ3v) is 2.01. The molecule has 1 amide bonds. The number of amides is 1. The van der Waals surface area contributed by atoms with Gasteiger partial charge < -0.3 is 10.1 Å². The summed E-state index contributed by atoms with van der Waals surface area (Å²) in [6.45, 7) is 1.66. The van der Waals surface area contributed by atoms with Crippen molar-refractivity contribution in [1.82, 2.24) is 5.32 Å². The molecule has 0 fully saturated rings. The van der Waals surface area contributed by atoms with E-state index in [0.29, 0.717) is 0 Å². The van der Waals surface area contributed by atoms with Crippen molar-refractivity contribution in [2.45, 2.75) is 13.0 Å². The summed E-state index contributed by atoms with van der Waals surface area (Å²) in [5.41, 5.74) is 0.209. The van der Waals surface area contributed by atoms with Crippen LogP contribution < -0.4 is 10.1 Å². The molecule has 1 rings (SSSR count). The van der Waals surface area contributed by atoms with Crippen molar-refractivity contribution in [3.63, 3.8) is 0 Å². The first-order valence-electron chi connectivity index (χ1n) is 4.69. The lowest BCUT2D eigenvalue weighted by atomic mass is 10.2. The maximum atomic E-state index is 13.3. The molecule has 84 valence electrons. The van der Waals surface area contributed by atoms with Gasteiger partial charge in [-0.3, -0.25) is 4.79 Å². The van der Waals surface area contributed by atoms with Gasteiger partial charge in [0.2, 0.25) is 0 Å². The number of benzene rings is 1. The Morgan fingerprint density at radius 3 is 2.81 bits per heavy atom. The monoisotopic (exact) mass is 221 g/mol. The number of carbonyl (C=O) groups is 1. The predicted octanol–water partition coefficient (Wildman–Crippen LogP) is 1.59. The molecule has 16 heavy (non-hydrogen) atoms. The Hall–Kier alpha value is -2.02. The van der Waals surface area contributed by atoms with E-state index in [9.17, 15) is 9.18 Å². The molecule has 1 atom stereocenters. The average Bonchev–Trinajstić information content (AvgIpc) is 2.28.